The van der Waals surface area contributed by atoms with Gasteiger partial charge in [0.05, 0.1) is 0 Å². The zero-order chi connectivity index (χ0) is 15.8. The van der Waals surface area contributed by atoms with Crippen LogP contribution >= 0.6 is 0 Å². The highest BCUT2D eigenvalue weighted by molar-refractivity contribution is 6.06. The van der Waals surface area contributed by atoms with E-state index in [2.05, 4.69) is 9.88 Å². The van der Waals surface area contributed by atoms with E-state index >= 15 is 0 Å². The fraction of sp³-hybridized carbons (Fsp3) is 0.222. The molecule has 2 aromatic rings. The smallest absolute Gasteiger partial charge is 0.187 e. The minimum Gasteiger partial charge on any atom is -0.492 e. The fourth-order valence-corrected chi connectivity index (χ4v) is 1.86. The van der Waals surface area contributed by atoms with Crippen LogP contribution in [-0.2, 0) is 0 Å². The first-order valence-electron chi connectivity index (χ1n) is 7.16. The molecule has 0 fully saturated rings. The van der Waals surface area contributed by atoms with E-state index in [4.69, 9.17) is 4.74 Å². The Bertz CT molecular complexity index is 637. The van der Waals surface area contributed by atoms with Gasteiger partial charge in [-0.25, -0.2) is 0 Å². The second kappa shape index (κ2) is 8.10. The molecule has 0 N–H and O–H groups in total. The zero-order valence-corrected chi connectivity index (χ0v) is 12.9. The number of allylic oxidation sites excluding steroid dienone is 1. The Morgan fingerprint density at radius 3 is 2.77 bits per heavy atom. The molecule has 0 unspecified atom stereocenters. The standard InChI is InChI=1S/C18H20N2O2/c1-20(2)12-13-22-18-8-4-3-6-15(18)9-10-17(21)16-7-5-11-19-14-16/h3-11,14H,12-13H2,1-2H3/b10-9-. The third kappa shape index (κ3) is 4.82. The van der Waals surface area contributed by atoms with Gasteiger partial charge in [0.1, 0.15) is 12.4 Å². The quantitative estimate of drug-likeness (QED) is 0.582. The van der Waals surface area contributed by atoms with Gasteiger partial charge in [0, 0.05) is 30.1 Å². The molecule has 4 nitrogen and oxygen atoms in total. The van der Waals surface area contributed by atoms with Crippen LogP contribution in [-0.4, -0.2) is 42.9 Å². The lowest BCUT2D eigenvalue weighted by molar-refractivity contribution is 0.104. The number of hydrogen-bond acceptors (Lipinski definition) is 4. The van der Waals surface area contributed by atoms with E-state index in [9.17, 15) is 4.79 Å². The summed E-state index contributed by atoms with van der Waals surface area (Å²) in [6.45, 7) is 1.45. The SMILES string of the molecule is CN(C)CCOc1ccccc1/C=C\C(=O)c1cccnc1. The normalized spacial score (nSPS) is 11.0. The monoisotopic (exact) mass is 296 g/mol. The van der Waals surface area contributed by atoms with E-state index in [0.29, 0.717) is 12.2 Å². The maximum absolute atomic E-state index is 12.1. The molecule has 0 atom stereocenters. The molecular weight excluding hydrogens is 276 g/mol. The van der Waals surface area contributed by atoms with Gasteiger partial charge in [-0.3, -0.25) is 9.78 Å². The van der Waals surface area contributed by atoms with Crippen molar-refractivity contribution < 1.29 is 9.53 Å². The Morgan fingerprint density at radius 2 is 2.05 bits per heavy atom. The second-order valence-corrected chi connectivity index (χ2v) is 5.13. The second-order valence-electron chi connectivity index (χ2n) is 5.13. The maximum atomic E-state index is 12.1. The Morgan fingerprint density at radius 1 is 1.23 bits per heavy atom. The highest BCUT2D eigenvalue weighted by Crippen LogP contribution is 2.19. The Kier molecular flexibility index (Phi) is 5.86. The molecular formula is C18H20N2O2. The lowest BCUT2D eigenvalue weighted by Crippen LogP contribution is -2.19. The van der Waals surface area contributed by atoms with Crippen molar-refractivity contribution in [3.8, 4) is 5.75 Å². The van der Waals surface area contributed by atoms with Crippen LogP contribution in [0, 0.1) is 0 Å². The molecule has 0 radical (unpaired) electrons. The largest absolute Gasteiger partial charge is 0.492 e. The van der Waals surface area contributed by atoms with Crippen molar-refractivity contribution in [3.05, 3.63) is 66.0 Å². The van der Waals surface area contributed by atoms with Crippen LogP contribution in [0.3, 0.4) is 0 Å². The van der Waals surface area contributed by atoms with E-state index in [-0.39, 0.29) is 5.78 Å². The Labute approximate surface area is 131 Å². The molecule has 0 saturated carbocycles. The third-order valence-electron chi connectivity index (χ3n) is 3.08. The lowest BCUT2D eigenvalue weighted by atomic mass is 10.1. The van der Waals surface area contributed by atoms with E-state index < -0.39 is 0 Å². The first kappa shape index (κ1) is 15.9. The number of carbonyl (C=O) groups is 1. The number of ketones is 1. The molecule has 0 saturated heterocycles. The first-order valence-corrected chi connectivity index (χ1v) is 7.16. The summed E-state index contributed by atoms with van der Waals surface area (Å²) in [5.74, 6) is 0.704. The van der Waals surface area contributed by atoms with Crippen LogP contribution in [0.1, 0.15) is 15.9 Å². The maximum Gasteiger partial charge on any atom is 0.187 e. The van der Waals surface area contributed by atoms with Gasteiger partial charge < -0.3 is 9.64 Å². The van der Waals surface area contributed by atoms with Crippen LogP contribution in [0.4, 0.5) is 0 Å². The van der Waals surface area contributed by atoms with Gasteiger partial charge in [-0.15, -0.1) is 0 Å². The predicted octanol–water partition coefficient (Wildman–Crippen LogP) is 2.92. The van der Waals surface area contributed by atoms with Gasteiger partial charge in [-0.05, 0) is 44.4 Å². The molecule has 1 heterocycles. The van der Waals surface area contributed by atoms with E-state index in [1.54, 1.807) is 36.7 Å². The van der Waals surface area contributed by atoms with Crippen molar-refractivity contribution in [1.82, 2.24) is 9.88 Å². The molecule has 0 aliphatic heterocycles. The van der Waals surface area contributed by atoms with Crippen LogP contribution in [0.15, 0.2) is 54.9 Å². The summed E-state index contributed by atoms with van der Waals surface area (Å²) >= 11 is 0. The topological polar surface area (TPSA) is 42.4 Å². The van der Waals surface area contributed by atoms with E-state index in [0.717, 1.165) is 17.9 Å². The average Bonchev–Trinajstić information content (AvgIpc) is 2.54. The third-order valence-corrected chi connectivity index (χ3v) is 3.08. The van der Waals surface area contributed by atoms with Crippen LogP contribution < -0.4 is 4.74 Å². The summed E-state index contributed by atoms with van der Waals surface area (Å²) in [5.41, 5.74) is 1.46. The molecule has 0 amide bonds. The number of benzene rings is 1. The number of carbonyl (C=O) groups excluding carboxylic acids is 1. The average molecular weight is 296 g/mol. The van der Waals surface area contributed by atoms with Crippen molar-refractivity contribution in [1.29, 1.82) is 0 Å². The van der Waals surface area contributed by atoms with Gasteiger partial charge in [0.15, 0.2) is 5.78 Å². The number of para-hydroxylation sites is 1. The fourth-order valence-electron chi connectivity index (χ4n) is 1.86. The van der Waals surface area contributed by atoms with Gasteiger partial charge in [-0.1, -0.05) is 18.2 Å². The number of pyridine rings is 1. The lowest BCUT2D eigenvalue weighted by Gasteiger charge is -2.12. The Hall–Kier alpha value is -2.46. The van der Waals surface area contributed by atoms with Crippen LogP contribution in [0.5, 0.6) is 5.75 Å². The molecule has 0 aliphatic rings. The number of hydrogen-bond donors (Lipinski definition) is 0. The molecule has 0 spiro atoms. The van der Waals surface area contributed by atoms with Gasteiger partial charge in [-0.2, -0.15) is 0 Å². The molecule has 22 heavy (non-hydrogen) atoms. The highest BCUT2D eigenvalue weighted by atomic mass is 16.5. The number of nitrogens with zero attached hydrogens (tertiary/aromatic N) is 2. The van der Waals surface area contributed by atoms with Crippen molar-refractivity contribution >= 4 is 11.9 Å². The summed E-state index contributed by atoms with van der Waals surface area (Å²) in [7, 11) is 4.00. The molecule has 4 heteroatoms. The van der Waals surface area contributed by atoms with E-state index in [1.165, 1.54) is 0 Å². The number of aromatic nitrogens is 1. The number of ether oxygens (including phenoxy) is 1. The predicted molar refractivity (Wildman–Crippen MR) is 88.1 cm³/mol. The summed E-state index contributed by atoms with van der Waals surface area (Å²) in [6, 6.07) is 11.2. The van der Waals surface area contributed by atoms with Crippen LogP contribution in [0.2, 0.25) is 0 Å². The molecule has 114 valence electrons. The highest BCUT2D eigenvalue weighted by Gasteiger charge is 2.03. The van der Waals surface area contributed by atoms with Crippen LogP contribution in [0.25, 0.3) is 6.08 Å². The summed E-state index contributed by atoms with van der Waals surface area (Å²) in [6.07, 6.45) is 6.53. The number of likely N-dealkylation sites (N-methyl/N-ethyl adjacent to an activating group) is 1. The van der Waals surface area contributed by atoms with Gasteiger partial charge in [0.2, 0.25) is 0 Å². The van der Waals surface area contributed by atoms with Gasteiger partial charge in [0.25, 0.3) is 0 Å². The van der Waals surface area contributed by atoms with Crippen molar-refractivity contribution in [2.24, 2.45) is 0 Å². The first-order chi connectivity index (χ1) is 10.7. The molecule has 0 aliphatic carbocycles. The minimum atomic E-state index is -0.0730. The number of rotatable bonds is 7. The summed E-state index contributed by atoms with van der Waals surface area (Å²) in [5, 5.41) is 0. The minimum absolute atomic E-state index is 0.0730. The van der Waals surface area contributed by atoms with Crippen molar-refractivity contribution in [3.63, 3.8) is 0 Å². The Balaban J connectivity index is 2.06. The van der Waals surface area contributed by atoms with Crippen molar-refractivity contribution in [2.45, 2.75) is 0 Å². The molecule has 1 aromatic heterocycles. The molecule has 0 bridgehead atoms. The summed E-state index contributed by atoms with van der Waals surface area (Å²) in [4.78, 5) is 18.1. The summed E-state index contributed by atoms with van der Waals surface area (Å²) < 4.78 is 5.77. The van der Waals surface area contributed by atoms with E-state index in [1.807, 2.05) is 38.4 Å². The zero-order valence-electron chi connectivity index (χ0n) is 12.9. The molecule has 1 aromatic carbocycles. The van der Waals surface area contributed by atoms with Crippen molar-refractivity contribution in [2.75, 3.05) is 27.2 Å². The van der Waals surface area contributed by atoms with Gasteiger partial charge >= 0.3 is 0 Å². The molecule has 2 rings (SSSR count).